The number of aromatic nitrogens is 2. The lowest BCUT2D eigenvalue weighted by Crippen LogP contribution is -2.44. The minimum Gasteiger partial charge on any atom is -0.288 e. The molecule has 0 saturated carbocycles. The van der Waals surface area contributed by atoms with E-state index in [1.165, 1.54) is 22.3 Å². The minimum atomic E-state index is -0.826. The highest BCUT2D eigenvalue weighted by Crippen LogP contribution is 2.18. The molecule has 1 aliphatic rings. The number of hydroxylamine groups is 1. The van der Waals surface area contributed by atoms with Crippen LogP contribution in [0.4, 0.5) is 0 Å². The van der Waals surface area contributed by atoms with Crippen LogP contribution >= 0.6 is 11.6 Å². The van der Waals surface area contributed by atoms with Gasteiger partial charge >= 0.3 is 0 Å². The fourth-order valence-corrected chi connectivity index (χ4v) is 2.52. The highest BCUT2D eigenvalue weighted by atomic mass is 35.5. The zero-order valence-corrected chi connectivity index (χ0v) is 12.4. The van der Waals surface area contributed by atoms with Crippen molar-refractivity contribution in [3.63, 3.8) is 0 Å². The molecule has 0 fully saturated rings. The van der Waals surface area contributed by atoms with Gasteiger partial charge in [-0.1, -0.05) is 17.7 Å². The second-order valence-corrected chi connectivity index (χ2v) is 5.29. The monoisotopic (exact) mass is 334 g/mol. The molecule has 1 aliphatic heterocycles. The van der Waals surface area contributed by atoms with Crippen molar-refractivity contribution in [2.24, 2.45) is 0 Å². The fourth-order valence-electron chi connectivity index (χ4n) is 2.33. The molecular weight excluding hydrogens is 324 g/mol. The molecule has 23 heavy (non-hydrogen) atoms. The van der Waals surface area contributed by atoms with Gasteiger partial charge in [-0.2, -0.15) is 5.10 Å². The molecule has 0 saturated heterocycles. The lowest BCUT2D eigenvalue weighted by atomic mass is 10.1. The Hall–Kier alpha value is -2.71. The molecule has 1 aromatic carbocycles. The molecule has 2 heterocycles. The number of fused-ring (bicyclic) bond motifs is 1. The van der Waals surface area contributed by atoms with Crippen LogP contribution in [0.25, 0.3) is 0 Å². The van der Waals surface area contributed by atoms with E-state index in [2.05, 4.69) is 5.10 Å². The van der Waals surface area contributed by atoms with E-state index in [4.69, 9.17) is 16.8 Å². The number of nitrogens with one attached hydrogen (secondary N) is 1. The Balaban J connectivity index is 1.90. The predicted molar refractivity (Wildman–Crippen MR) is 78.3 cm³/mol. The van der Waals surface area contributed by atoms with Gasteiger partial charge in [0.15, 0.2) is 5.69 Å². The van der Waals surface area contributed by atoms with E-state index in [0.29, 0.717) is 10.6 Å². The number of hydrogen-bond acceptors (Lipinski definition) is 5. The molecule has 0 atom stereocenters. The molecule has 0 aliphatic carbocycles. The van der Waals surface area contributed by atoms with Gasteiger partial charge in [0.1, 0.15) is 5.69 Å². The predicted octanol–water partition coefficient (Wildman–Crippen LogP) is 0.952. The van der Waals surface area contributed by atoms with Crippen LogP contribution in [0, 0.1) is 0 Å². The summed E-state index contributed by atoms with van der Waals surface area (Å²) < 4.78 is 1.33. The Labute approximate surface area is 135 Å². The summed E-state index contributed by atoms with van der Waals surface area (Å²) in [5.74, 6) is -1.86. The second kappa shape index (κ2) is 5.82. The average Bonchev–Trinajstić information content (AvgIpc) is 2.99. The molecule has 3 rings (SSSR count). The molecule has 0 spiro atoms. The molecule has 2 N–H and O–H groups in total. The van der Waals surface area contributed by atoms with Gasteiger partial charge in [0.25, 0.3) is 17.7 Å². The Kier molecular flexibility index (Phi) is 3.85. The SMILES string of the molecule is O=C(NO)c1cc2n(n1)CCN(C(=O)c1cccc(Cl)c1)C2=O. The van der Waals surface area contributed by atoms with Gasteiger partial charge in [0, 0.05) is 23.2 Å². The van der Waals surface area contributed by atoms with Gasteiger partial charge in [-0.05, 0) is 18.2 Å². The van der Waals surface area contributed by atoms with Crippen LogP contribution in [0.2, 0.25) is 5.02 Å². The molecule has 0 radical (unpaired) electrons. The van der Waals surface area contributed by atoms with E-state index in [0.717, 1.165) is 4.90 Å². The maximum absolute atomic E-state index is 12.5. The average molecular weight is 335 g/mol. The summed E-state index contributed by atoms with van der Waals surface area (Å²) in [5.41, 5.74) is 1.75. The summed E-state index contributed by atoms with van der Waals surface area (Å²) >= 11 is 5.86. The van der Waals surface area contributed by atoms with Crippen molar-refractivity contribution in [2.75, 3.05) is 6.54 Å². The number of amides is 3. The van der Waals surface area contributed by atoms with Crippen LogP contribution in [0.1, 0.15) is 31.3 Å². The normalized spacial score (nSPS) is 13.7. The first-order valence-corrected chi connectivity index (χ1v) is 7.03. The van der Waals surface area contributed by atoms with E-state index < -0.39 is 17.7 Å². The third-order valence-electron chi connectivity index (χ3n) is 3.43. The van der Waals surface area contributed by atoms with Gasteiger partial charge in [-0.15, -0.1) is 0 Å². The Morgan fingerprint density at radius 2 is 2.04 bits per heavy atom. The topological polar surface area (TPSA) is 105 Å². The quantitative estimate of drug-likeness (QED) is 0.483. The zero-order chi connectivity index (χ0) is 16.6. The van der Waals surface area contributed by atoms with Crippen LogP contribution in [0.15, 0.2) is 30.3 Å². The zero-order valence-electron chi connectivity index (χ0n) is 11.7. The van der Waals surface area contributed by atoms with Crippen LogP contribution in [0.3, 0.4) is 0 Å². The third-order valence-corrected chi connectivity index (χ3v) is 3.67. The lowest BCUT2D eigenvalue weighted by molar-refractivity contribution is 0.0572. The molecule has 1 aromatic heterocycles. The first-order chi connectivity index (χ1) is 11.0. The van der Waals surface area contributed by atoms with Gasteiger partial charge < -0.3 is 0 Å². The molecule has 8 nitrogen and oxygen atoms in total. The van der Waals surface area contributed by atoms with E-state index >= 15 is 0 Å². The first kappa shape index (κ1) is 15.2. The van der Waals surface area contributed by atoms with Gasteiger partial charge in [0.2, 0.25) is 0 Å². The molecule has 9 heteroatoms. The Bertz CT molecular complexity index is 817. The number of halogens is 1. The molecular formula is C14H11ClN4O4. The van der Waals surface area contributed by atoms with Crippen LogP contribution < -0.4 is 5.48 Å². The van der Waals surface area contributed by atoms with Crippen molar-refractivity contribution in [3.8, 4) is 0 Å². The summed E-state index contributed by atoms with van der Waals surface area (Å²) in [6, 6.07) is 7.53. The third kappa shape index (κ3) is 2.69. The van der Waals surface area contributed by atoms with Gasteiger partial charge in [-0.25, -0.2) is 5.48 Å². The van der Waals surface area contributed by atoms with E-state index in [9.17, 15) is 14.4 Å². The lowest BCUT2D eigenvalue weighted by Gasteiger charge is -2.25. The van der Waals surface area contributed by atoms with Gasteiger partial charge in [0.05, 0.1) is 6.54 Å². The molecule has 118 valence electrons. The molecule has 0 unspecified atom stereocenters. The summed E-state index contributed by atoms with van der Waals surface area (Å²) in [7, 11) is 0. The maximum atomic E-state index is 12.5. The standard InChI is InChI=1S/C14H11ClN4O4/c15-9-3-1-2-8(6-9)13(21)18-4-5-19-11(14(18)22)7-10(16-19)12(20)17-23/h1-3,6-7,23H,4-5H2,(H,17,20). The van der Waals surface area contributed by atoms with Crippen molar-refractivity contribution in [3.05, 3.63) is 52.3 Å². The number of nitrogens with zero attached hydrogens (tertiary/aromatic N) is 3. The molecule has 3 amide bonds. The van der Waals surface area contributed by atoms with Crippen LogP contribution in [-0.4, -0.2) is 44.2 Å². The van der Waals surface area contributed by atoms with Crippen molar-refractivity contribution in [1.82, 2.24) is 20.2 Å². The number of hydrogen-bond donors (Lipinski definition) is 2. The van der Waals surface area contributed by atoms with Crippen molar-refractivity contribution in [1.29, 1.82) is 0 Å². The summed E-state index contributed by atoms with van der Waals surface area (Å²) in [6.45, 7) is 0.380. The van der Waals surface area contributed by atoms with Gasteiger partial charge in [-0.3, -0.25) is 29.2 Å². The maximum Gasteiger partial charge on any atom is 0.295 e. The first-order valence-electron chi connectivity index (χ1n) is 6.65. The summed E-state index contributed by atoms with van der Waals surface area (Å²) in [4.78, 5) is 37.4. The number of carbonyl (C=O) groups is 3. The van der Waals surface area contributed by atoms with Crippen LogP contribution in [0.5, 0.6) is 0 Å². The highest BCUT2D eigenvalue weighted by Gasteiger charge is 2.32. The van der Waals surface area contributed by atoms with Crippen molar-refractivity contribution >= 4 is 29.3 Å². The van der Waals surface area contributed by atoms with Crippen molar-refractivity contribution < 1.29 is 19.6 Å². The van der Waals surface area contributed by atoms with E-state index in [-0.39, 0.29) is 24.5 Å². The number of carbonyl (C=O) groups excluding carboxylic acids is 3. The minimum absolute atomic E-state index is 0.102. The number of rotatable bonds is 2. The smallest absolute Gasteiger partial charge is 0.288 e. The summed E-state index contributed by atoms with van der Waals surface area (Å²) in [6.07, 6.45) is 0. The molecule has 0 bridgehead atoms. The van der Waals surface area contributed by atoms with E-state index in [1.54, 1.807) is 18.2 Å². The number of benzene rings is 1. The van der Waals surface area contributed by atoms with E-state index in [1.807, 2.05) is 0 Å². The Morgan fingerprint density at radius 1 is 1.26 bits per heavy atom. The Morgan fingerprint density at radius 3 is 2.74 bits per heavy atom. The highest BCUT2D eigenvalue weighted by molar-refractivity contribution is 6.31. The largest absolute Gasteiger partial charge is 0.295 e. The summed E-state index contributed by atoms with van der Waals surface area (Å²) in [5, 5.41) is 12.9. The molecule has 2 aromatic rings. The number of imide groups is 1. The van der Waals surface area contributed by atoms with Crippen molar-refractivity contribution in [2.45, 2.75) is 6.54 Å². The fraction of sp³-hybridized carbons (Fsp3) is 0.143. The van der Waals surface area contributed by atoms with Crippen LogP contribution in [-0.2, 0) is 6.54 Å². The second-order valence-electron chi connectivity index (χ2n) is 4.85.